The van der Waals surface area contributed by atoms with Crippen molar-refractivity contribution in [3.05, 3.63) is 58.9 Å². The maximum Gasteiger partial charge on any atom is 0.192 e. The molecule has 4 rings (SSSR count). The van der Waals surface area contributed by atoms with Gasteiger partial charge in [0.1, 0.15) is 5.82 Å². The Labute approximate surface area is 163 Å². The minimum Gasteiger partial charge on any atom is -0.365 e. The summed E-state index contributed by atoms with van der Waals surface area (Å²) in [6.07, 6.45) is 6.49. The van der Waals surface area contributed by atoms with E-state index in [4.69, 9.17) is 0 Å². The molecule has 146 valence electrons. The van der Waals surface area contributed by atoms with Gasteiger partial charge in [-0.25, -0.2) is 17.8 Å². The SMILES string of the molecule is Cc1cc(S(C)(=O)=O)ncc1N1CCc2[nH]c(-c3cncc(F)c3C)cc2C1. The van der Waals surface area contributed by atoms with Crippen LogP contribution in [0.25, 0.3) is 11.3 Å². The number of sulfone groups is 1. The highest BCUT2D eigenvalue weighted by atomic mass is 32.2. The van der Waals surface area contributed by atoms with Crippen LogP contribution < -0.4 is 4.90 Å². The molecular formula is C20H21FN4O2S. The molecule has 3 aromatic heterocycles. The van der Waals surface area contributed by atoms with Gasteiger partial charge in [0.15, 0.2) is 14.9 Å². The fraction of sp³-hybridized carbons (Fsp3) is 0.300. The molecule has 0 saturated carbocycles. The smallest absolute Gasteiger partial charge is 0.192 e. The number of H-pyrrole nitrogens is 1. The molecule has 3 aromatic rings. The lowest BCUT2D eigenvalue weighted by atomic mass is 10.1. The molecular weight excluding hydrogens is 379 g/mol. The van der Waals surface area contributed by atoms with Gasteiger partial charge < -0.3 is 9.88 Å². The van der Waals surface area contributed by atoms with Crippen molar-refractivity contribution in [2.24, 2.45) is 0 Å². The van der Waals surface area contributed by atoms with Crippen molar-refractivity contribution in [1.29, 1.82) is 0 Å². The Kier molecular flexibility index (Phi) is 4.45. The van der Waals surface area contributed by atoms with Crippen molar-refractivity contribution in [3.8, 4) is 11.3 Å². The number of hydrogen-bond donors (Lipinski definition) is 1. The van der Waals surface area contributed by atoms with E-state index in [1.165, 1.54) is 6.20 Å². The topological polar surface area (TPSA) is 79.0 Å². The van der Waals surface area contributed by atoms with Gasteiger partial charge in [-0.1, -0.05) is 0 Å². The molecule has 8 heteroatoms. The van der Waals surface area contributed by atoms with Crippen molar-refractivity contribution in [2.45, 2.75) is 31.8 Å². The number of nitrogens with one attached hydrogen (secondary N) is 1. The molecule has 4 heterocycles. The van der Waals surface area contributed by atoms with E-state index in [1.54, 1.807) is 25.4 Å². The summed E-state index contributed by atoms with van der Waals surface area (Å²) >= 11 is 0. The summed E-state index contributed by atoms with van der Waals surface area (Å²) in [4.78, 5) is 13.7. The second-order valence-electron chi connectivity index (χ2n) is 7.23. The highest BCUT2D eigenvalue weighted by Crippen LogP contribution is 2.31. The van der Waals surface area contributed by atoms with Crippen LogP contribution in [0.3, 0.4) is 0 Å². The standard InChI is InChI=1S/C20H21FN4O2S/c1-12-6-20(28(3,26)27)23-10-19(12)25-5-4-17-14(11-25)7-18(24-17)15-8-22-9-16(21)13(15)2/h6-10,24H,4-5,11H2,1-3H3. The molecule has 28 heavy (non-hydrogen) atoms. The predicted octanol–water partition coefficient (Wildman–Crippen LogP) is 3.19. The molecule has 0 unspecified atom stereocenters. The van der Waals surface area contributed by atoms with E-state index in [1.807, 2.05) is 13.0 Å². The zero-order chi connectivity index (χ0) is 20.1. The quantitative estimate of drug-likeness (QED) is 0.730. The van der Waals surface area contributed by atoms with Crippen LogP contribution in [0, 0.1) is 19.7 Å². The maximum absolute atomic E-state index is 13.9. The third-order valence-electron chi connectivity index (χ3n) is 5.21. The van der Waals surface area contributed by atoms with Gasteiger partial charge in [0.05, 0.1) is 18.1 Å². The Morgan fingerprint density at radius 3 is 2.68 bits per heavy atom. The highest BCUT2D eigenvalue weighted by molar-refractivity contribution is 7.90. The van der Waals surface area contributed by atoms with Crippen molar-refractivity contribution < 1.29 is 12.8 Å². The number of aryl methyl sites for hydroxylation is 1. The number of fused-ring (bicyclic) bond motifs is 1. The van der Waals surface area contributed by atoms with Crippen LogP contribution in [-0.4, -0.2) is 36.2 Å². The normalized spacial score (nSPS) is 14.2. The first-order chi connectivity index (χ1) is 13.2. The Balaban J connectivity index is 1.64. The van der Waals surface area contributed by atoms with Gasteiger partial charge >= 0.3 is 0 Å². The van der Waals surface area contributed by atoms with Crippen LogP contribution in [0.1, 0.15) is 22.4 Å². The predicted molar refractivity (Wildman–Crippen MR) is 106 cm³/mol. The molecule has 1 aliphatic rings. The van der Waals surface area contributed by atoms with Crippen LogP contribution in [-0.2, 0) is 22.8 Å². The first kappa shape index (κ1) is 18.6. The van der Waals surface area contributed by atoms with E-state index in [0.29, 0.717) is 12.1 Å². The van der Waals surface area contributed by atoms with Crippen molar-refractivity contribution in [2.75, 3.05) is 17.7 Å². The van der Waals surface area contributed by atoms with E-state index in [2.05, 4.69) is 19.9 Å². The summed E-state index contributed by atoms with van der Waals surface area (Å²) in [5.74, 6) is -0.320. The van der Waals surface area contributed by atoms with Crippen LogP contribution in [0.2, 0.25) is 0 Å². The molecule has 0 bridgehead atoms. The van der Waals surface area contributed by atoms with Crippen molar-refractivity contribution in [3.63, 3.8) is 0 Å². The summed E-state index contributed by atoms with van der Waals surface area (Å²) in [5.41, 5.74) is 6.26. The molecule has 0 aromatic carbocycles. The minimum absolute atomic E-state index is 0.0875. The lowest BCUT2D eigenvalue weighted by Crippen LogP contribution is -2.30. The zero-order valence-corrected chi connectivity index (χ0v) is 16.8. The fourth-order valence-electron chi connectivity index (χ4n) is 3.61. The van der Waals surface area contributed by atoms with E-state index in [-0.39, 0.29) is 10.8 Å². The average Bonchev–Trinajstić information content (AvgIpc) is 3.06. The van der Waals surface area contributed by atoms with Gasteiger partial charge in [0.25, 0.3) is 0 Å². The summed E-state index contributed by atoms with van der Waals surface area (Å²) in [6.45, 7) is 5.10. The Hall–Kier alpha value is -2.74. The third-order valence-corrected chi connectivity index (χ3v) is 6.19. The van der Waals surface area contributed by atoms with Gasteiger partial charge in [0.2, 0.25) is 0 Å². The number of pyridine rings is 2. The minimum atomic E-state index is -3.33. The van der Waals surface area contributed by atoms with Crippen LogP contribution in [0.4, 0.5) is 10.1 Å². The number of nitrogens with zero attached hydrogens (tertiary/aromatic N) is 3. The summed E-state index contributed by atoms with van der Waals surface area (Å²) in [5, 5.41) is 0.0875. The monoisotopic (exact) mass is 400 g/mol. The zero-order valence-electron chi connectivity index (χ0n) is 16.0. The molecule has 0 atom stereocenters. The lowest BCUT2D eigenvalue weighted by Gasteiger charge is -2.30. The third kappa shape index (κ3) is 3.28. The number of aromatic amines is 1. The first-order valence-corrected chi connectivity index (χ1v) is 10.9. The molecule has 0 fully saturated rings. The number of hydrogen-bond acceptors (Lipinski definition) is 5. The molecule has 0 aliphatic carbocycles. The van der Waals surface area contributed by atoms with Crippen molar-refractivity contribution >= 4 is 15.5 Å². The van der Waals surface area contributed by atoms with Gasteiger partial charge in [-0.05, 0) is 42.7 Å². The Morgan fingerprint density at radius 1 is 1.18 bits per heavy atom. The molecule has 6 nitrogen and oxygen atoms in total. The van der Waals surface area contributed by atoms with Crippen LogP contribution >= 0.6 is 0 Å². The van der Waals surface area contributed by atoms with Crippen LogP contribution in [0.15, 0.2) is 35.7 Å². The second-order valence-corrected chi connectivity index (χ2v) is 9.20. The molecule has 0 spiro atoms. The van der Waals surface area contributed by atoms with Crippen molar-refractivity contribution in [1.82, 2.24) is 15.0 Å². The Morgan fingerprint density at radius 2 is 1.96 bits per heavy atom. The molecule has 1 aliphatic heterocycles. The van der Waals surface area contributed by atoms with Gasteiger partial charge in [-0.2, -0.15) is 0 Å². The summed E-state index contributed by atoms with van der Waals surface area (Å²) in [6, 6.07) is 3.66. The molecule has 0 saturated heterocycles. The largest absolute Gasteiger partial charge is 0.365 e. The summed E-state index contributed by atoms with van der Waals surface area (Å²) in [7, 11) is -3.33. The number of rotatable bonds is 3. The molecule has 0 radical (unpaired) electrons. The highest BCUT2D eigenvalue weighted by Gasteiger charge is 2.22. The van der Waals surface area contributed by atoms with E-state index >= 15 is 0 Å². The number of aromatic nitrogens is 3. The molecule has 1 N–H and O–H groups in total. The average molecular weight is 400 g/mol. The van der Waals surface area contributed by atoms with E-state index < -0.39 is 9.84 Å². The molecule has 0 amide bonds. The fourth-order valence-corrected chi connectivity index (χ4v) is 4.25. The van der Waals surface area contributed by atoms with Gasteiger partial charge in [-0.15, -0.1) is 0 Å². The first-order valence-electron chi connectivity index (χ1n) is 8.97. The summed E-state index contributed by atoms with van der Waals surface area (Å²) < 4.78 is 37.3. The van der Waals surface area contributed by atoms with Crippen LogP contribution in [0.5, 0.6) is 0 Å². The van der Waals surface area contributed by atoms with Gasteiger partial charge in [0, 0.05) is 48.9 Å². The number of halogens is 1. The van der Waals surface area contributed by atoms with Gasteiger partial charge in [-0.3, -0.25) is 4.98 Å². The second kappa shape index (κ2) is 6.70. The number of anilines is 1. The van der Waals surface area contributed by atoms with E-state index in [9.17, 15) is 12.8 Å². The maximum atomic E-state index is 13.9. The van der Waals surface area contributed by atoms with E-state index in [0.717, 1.165) is 53.0 Å². The lowest BCUT2D eigenvalue weighted by molar-refractivity contribution is 0.598. The Bertz CT molecular complexity index is 1170.